The van der Waals surface area contributed by atoms with E-state index in [4.69, 9.17) is 0 Å². The smallest absolute Gasteiger partial charge is 0.0312 e. The molecule has 0 aromatic rings. The van der Waals surface area contributed by atoms with Crippen molar-refractivity contribution in [2.45, 2.75) is 109 Å². The summed E-state index contributed by atoms with van der Waals surface area (Å²) in [5.74, 6) is 28.9. The minimum atomic E-state index is 1.17. The van der Waals surface area contributed by atoms with Gasteiger partial charge in [-0.25, -0.2) is 0 Å². The van der Waals surface area contributed by atoms with Gasteiger partial charge in [-0.15, -0.1) is 0 Å². The van der Waals surface area contributed by atoms with Crippen molar-refractivity contribution in [2.75, 3.05) is 0 Å². The van der Waals surface area contributed by atoms with Crippen LogP contribution in [0.5, 0.6) is 0 Å². The second-order valence-corrected chi connectivity index (χ2v) is 20.3. The lowest BCUT2D eigenvalue weighted by Gasteiger charge is -2.81. The van der Waals surface area contributed by atoms with Gasteiger partial charge in [0.1, 0.15) is 0 Å². The standard InChI is InChI=1S/C41H58/c1-2-22-16-24-9-8-21-11-14-26-25-13-10-19-6-4-18-5-7-20-12-15-27-28-17-23(3-1)29(22)39-34(24)33(21)36(26)41(38(28)39)40-35(25)31(19)30(18)32(20)37(27)40/h18-41H,1-17H2. The number of hydrogen-bond acceptors (Lipinski definition) is 0. The Labute approximate surface area is 250 Å². The van der Waals surface area contributed by atoms with Crippen molar-refractivity contribution in [1.82, 2.24) is 0 Å². The van der Waals surface area contributed by atoms with Gasteiger partial charge in [0.25, 0.3) is 0 Å². The summed E-state index contributed by atoms with van der Waals surface area (Å²) in [5.41, 5.74) is 0. The zero-order valence-electron chi connectivity index (χ0n) is 25.9. The van der Waals surface area contributed by atoms with E-state index in [0.717, 1.165) is 0 Å². The van der Waals surface area contributed by atoms with Gasteiger partial charge in [-0.3, -0.25) is 0 Å². The molecular weight excluding hydrogens is 492 g/mol. The van der Waals surface area contributed by atoms with Crippen molar-refractivity contribution in [2.24, 2.45) is 142 Å². The summed E-state index contributed by atoms with van der Waals surface area (Å²) in [6, 6.07) is 0. The molecule has 13 rings (SSSR count). The maximum absolute atomic E-state index is 1.75. The predicted molar refractivity (Wildman–Crippen MR) is 162 cm³/mol. The molecule has 0 aliphatic heterocycles. The van der Waals surface area contributed by atoms with Crippen LogP contribution in [0.2, 0.25) is 0 Å². The summed E-state index contributed by atoms with van der Waals surface area (Å²) in [6.07, 6.45) is 28.6. The molecular formula is C41H58. The topological polar surface area (TPSA) is 0 Å². The van der Waals surface area contributed by atoms with Crippen LogP contribution in [-0.2, 0) is 0 Å². The summed E-state index contributed by atoms with van der Waals surface area (Å²) in [5, 5.41) is 0. The molecule has 0 nitrogen and oxygen atoms in total. The van der Waals surface area contributed by atoms with Crippen LogP contribution < -0.4 is 0 Å². The third kappa shape index (κ3) is 2.50. The minimum absolute atomic E-state index is 1.17. The second-order valence-electron chi connectivity index (χ2n) is 20.3. The lowest BCUT2D eigenvalue weighted by molar-refractivity contribution is -0.334. The third-order valence-corrected chi connectivity index (χ3v) is 20.8. The highest BCUT2D eigenvalue weighted by Gasteiger charge is 2.77. The molecule has 0 radical (unpaired) electrons. The molecule has 24 atom stereocenters. The van der Waals surface area contributed by atoms with Gasteiger partial charge >= 0.3 is 0 Å². The predicted octanol–water partition coefficient (Wildman–Crippen LogP) is 9.58. The molecule has 0 heterocycles. The van der Waals surface area contributed by atoms with E-state index < -0.39 is 0 Å². The van der Waals surface area contributed by atoms with Crippen LogP contribution in [0, 0.1) is 142 Å². The van der Waals surface area contributed by atoms with Crippen LogP contribution in [0.25, 0.3) is 0 Å². The van der Waals surface area contributed by atoms with Crippen molar-refractivity contribution >= 4 is 0 Å². The molecule has 0 spiro atoms. The van der Waals surface area contributed by atoms with E-state index in [2.05, 4.69) is 0 Å². The van der Waals surface area contributed by atoms with Gasteiger partial charge in [0.15, 0.2) is 0 Å². The van der Waals surface area contributed by atoms with Gasteiger partial charge in [0.2, 0.25) is 0 Å². The number of fused-ring (bicyclic) bond motifs is 2. The van der Waals surface area contributed by atoms with E-state index in [9.17, 15) is 0 Å². The van der Waals surface area contributed by atoms with Gasteiger partial charge in [-0.05, 0) is 232 Å². The van der Waals surface area contributed by atoms with E-state index in [0.29, 0.717) is 0 Å². The maximum atomic E-state index is 1.75. The lowest BCUT2D eigenvalue weighted by atomic mass is 9.24. The van der Waals surface area contributed by atoms with Crippen LogP contribution in [0.3, 0.4) is 0 Å². The summed E-state index contributed by atoms with van der Waals surface area (Å²) in [7, 11) is 0. The van der Waals surface area contributed by atoms with Gasteiger partial charge in [-0.2, -0.15) is 0 Å². The van der Waals surface area contributed by atoms with Crippen molar-refractivity contribution in [3.8, 4) is 0 Å². The van der Waals surface area contributed by atoms with Crippen LogP contribution in [0.4, 0.5) is 0 Å². The van der Waals surface area contributed by atoms with E-state index in [1.54, 1.807) is 109 Å². The fourth-order valence-corrected chi connectivity index (χ4v) is 21.2. The Hall–Kier alpha value is 0. The molecule has 0 aromatic carbocycles. The second kappa shape index (κ2) is 7.68. The molecule has 0 bridgehead atoms. The van der Waals surface area contributed by atoms with E-state index in [-0.39, 0.29) is 0 Å². The number of hydrogen-bond donors (Lipinski definition) is 0. The lowest BCUT2D eigenvalue weighted by Crippen LogP contribution is -2.76. The largest absolute Gasteiger partial charge is 0.0528 e. The van der Waals surface area contributed by atoms with E-state index in [1.807, 2.05) is 0 Å². The summed E-state index contributed by atoms with van der Waals surface area (Å²) < 4.78 is 0. The molecule has 0 saturated heterocycles. The Morgan fingerprint density at radius 3 is 1.10 bits per heavy atom. The Balaban J connectivity index is 1.06. The van der Waals surface area contributed by atoms with Gasteiger partial charge < -0.3 is 0 Å². The minimum Gasteiger partial charge on any atom is -0.0528 e. The first-order valence-electron chi connectivity index (χ1n) is 20.3. The molecule has 0 aromatic heterocycles. The quantitative estimate of drug-likeness (QED) is 0.282. The average Bonchev–Trinajstić information content (AvgIpc) is 3.02. The van der Waals surface area contributed by atoms with E-state index in [1.165, 1.54) is 142 Å². The van der Waals surface area contributed by atoms with Crippen LogP contribution in [0.15, 0.2) is 0 Å². The monoisotopic (exact) mass is 550 g/mol. The van der Waals surface area contributed by atoms with Crippen molar-refractivity contribution < 1.29 is 0 Å². The third-order valence-electron chi connectivity index (χ3n) is 20.8. The highest BCUT2D eigenvalue weighted by molar-refractivity contribution is 5.25. The molecule has 13 fully saturated rings. The summed E-state index contributed by atoms with van der Waals surface area (Å²) in [6.45, 7) is 0. The Kier molecular flexibility index (Phi) is 4.37. The van der Waals surface area contributed by atoms with Gasteiger partial charge in [-0.1, -0.05) is 19.3 Å². The molecule has 13 aliphatic rings. The first kappa shape index (κ1) is 23.4. The SMILES string of the molecule is C1CC2CC3CCC4CCC5C6CCC7CCC8CCC9CCC%10C%11CC(C1)C2C1C3C4C5C(C%111)C1C6C7C8C9C%101. The summed E-state index contributed by atoms with van der Waals surface area (Å²) >= 11 is 0. The highest BCUT2D eigenvalue weighted by Crippen LogP contribution is 2.82. The molecule has 24 unspecified atom stereocenters. The van der Waals surface area contributed by atoms with Crippen molar-refractivity contribution in [3.63, 3.8) is 0 Å². The average molecular weight is 551 g/mol. The highest BCUT2D eigenvalue weighted by atomic mass is 14.8. The Bertz CT molecular complexity index is 1150. The molecule has 0 amide bonds. The van der Waals surface area contributed by atoms with Crippen molar-refractivity contribution in [3.05, 3.63) is 0 Å². The fraction of sp³-hybridized carbons (Fsp3) is 1.00. The fourth-order valence-electron chi connectivity index (χ4n) is 21.2. The molecule has 41 heavy (non-hydrogen) atoms. The van der Waals surface area contributed by atoms with E-state index >= 15 is 0 Å². The van der Waals surface area contributed by atoms with Crippen LogP contribution in [0.1, 0.15) is 109 Å². The first-order valence-corrected chi connectivity index (χ1v) is 20.3. The Morgan fingerprint density at radius 1 is 0.195 bits per heavy atom. The zero-order valence-corrected chi connectivity index (χ0v) is 25.9. The molecule has 0 N–H and O–H groups in total. The maximum Gasteiger partial charge on any atom is -0.0312 e. The Morgan fingerprint density at radius 2 is 0.537 bits per heavy atom. The van der Waals surface area contributed by atoms with Crippen LogP contribution >= 0.6 is 0 Å². The molecule has 0 heteroatoms. The summed E-state index contributed by atoms with van der Waals surface area (Å²) in [4.78, 5) is 0. The zero-order chi connectivity index (χ0) is 25.9. The molecule has 13 aliphatic carbocycles. The first-order chi connectivity index (χ1) is 20.3. The van der Waals surface area contributed by atoms with Crippen molar-refractivity contribution in [1.29, 1.82) is 0 Å². The van der Waals surface area contributed by atoms with Gasteiger partial charge in [0.05, 0.1) is 0 Å². The molecule has 222 valence electrons. The molecule has 13 saturated carbocycles. The van der Waals surface area contributed by atoms with Gasteiger partial charge in [0, 0.05) is 0 Å². The normalized spacial score (nSPS) is 73.2. The number of rotatable bonds is 0. The van der Waals surface area contributed by atoms with Crippen LogP contribution in [-0.4, -0.2) is 0 Å².